The number of benzene rings is 1. The molecule has 1 saturated heterocycles. The van der Waals surface area contributed by atoms with E-state index in [4.69, 9.17) is 16.3 Å². The monoisotopic (exact) mass is 348 g/mol. The zero-order chi connectivity index (χ0) is 17.3. The Bertz CT molecular complexity index is 719. The second-order valence-corrected chi connectivity index (χ2v) is 6.71. The van der Waals surface area contributed by atoms with Crippen LogP contribution in [0.3, 0.4) is 0 Å². The third kappa shape index (κ3) is 3.76. The van der Waals surface area contributed by atoms with Crippen LogP contribution in [0.1, 0.15) is 43.1 Å². The van der Waals surface area contributed by atoms with Gasteiger partial charge in [0.25, 0.3) is 5.91 Å². The summed E-state index contributed by atoms with van der Waals surface area (Å²) in [4.78, 5) is 16.8. The molecule has 2 aromatic rings. The van der Waals surface area contributed by atoms with Gasteiger partial charge >= 0.3 is 0 Å². The van der Waals surface area contributed by atoms with Crippen molar-refractivity contribution in [1.29, 1.82) is 0 Å². The molecule has 0 bridgehead atoms. The van der Waals surface area contributed by atoms with E-state index in [-0.39, 0.29) is 30.0 Å². The molecule has 6 nitrogen and oxygen atoms in total. The first-order valence-electron chi connectivity index (χ1n) is 8.08. The fourth-order valence-corrected chi connectivity index (χ4v) is 3.21. The molecule has 1 unspecified atom stereocenters. The number of carbonyl (C=O) groups excluding carboxylic acids is 1. The average molecular weight is 349 g/mol. The van der Waals surface area contributed by atoms with Crippen molar-refractivity contribution in [3.05, 3.63) is 40.9 Å². The molecule has 3 rings (SSSR count). The molecule has 7 heteroatoms. The summed E-state index contributed by atoms with van der Waals surface area (Å²) in [6.07, 6.45) is 1.88. The predicted molar refractivity (Wildman–Crippen MR) is 91.6 cm³/mol. The molecule has 1 aliphatic rings. The maximum absolute atomic E-state index is 12.5. The number of aryl methyl sites for hydroxylation is 1. The molecule has 1 aliphatic heterocycles. The second-order valence-electron chi connectivity index (χ2n) is 6.27. The summed E-state index contributed by atoms with van der Waals surface area (Å²) in [7, 11) is 0. The quantitative estimate of drug-likeness (QED) is 0.926. The highest BCUT2D eigenvalue weighted by atomic mass is 35.5. The van der Waals surface area contributed by atoms with E-state index in [0.29, 0.717) is 10.8 Å². The molecule has 0 aliphatic carbocycles. The lowest BCUT2D eigenvalue weighted by atomic mass is 10.00. The first-order chi connectivity index (χ1) is 11.4. The Kier molecular flexibility index (Phi) is 4.87. The minimum absolute atomic E-state index is 0.0824. The van der Waals surface area contributed by atoms with Gasteiger partial charge in [-0.3, -0.25) is 4.79 Å². The molecule has 0 radical (unpaired) electrons. The zero-order valence-electron chi connectivity index (χ0n) is 14.0. The molecule has 1 fully saturated rings. The van der Waals surface area contributed by atoms with Crippen molar-refractivity contribution in [3.8, 4) is 5.69 Å². The smallest absolute Gasteiger partial charge is 0.291 e. The summed E-state index contributed by atoms with van der Waals surface area (Å²) in [5.41, 5.74) is 0.816. The normalized spacial score (nSPS) is 23.9. The molecule has 3 atom stereocenters. The van der Waals surface area contributed by atoms with Gasteiger partial charge in [-0.1, -0.05) is 11.6 Å². The number of hydrogen-bond donors (Lipinski definition) is 1. The highest BCUT2D eigenvalue weighted by Crippen LogP contribution is 2.19. The van der Waals surface area contributed by atoms with Crippen molar-refractivity contribution in [2.45, 2.75) is 51.9 Å². The van der Waals surface area contributed by atoms with Gasteiger partial charge in [0, 0.05) is 11.1 Å². The number of rotatable bonds is 3. The minimum atomic E-state index is -0.253. The Morgan fingerprint density at radius 3 is 2.50 bits per heavy atom. The number of nitrogens with zero attached hydrogens (tertiary/aromatic N) is 3. The third-order valence-electron chi connectivity index (χ3n) is 4.08. The van der Waals surface area contributed by atoms with Gasteiger partial charge in [-0.2, -0.15) is 0 Å². The number of nitrogens with one attached hydrogen (secondary N) is 1. The fraction of sp³-hybridized carbons (Fsp3) is 0.471. The number of halogens is 1. The van der Waals surface area contributed by atoms with Crippen LogP contribution in [0.5, 0.6) is 0 Å². The average Bonchev–Trinajstić information content (AvgIpc) is 2.89. The Morgan fingerprint density at radius 2 is 1.88 bits per heavy atom. The molecule has 128 valence electrons. The van der Waals surface area contributed by atoms with Gasteiger partial charge in [-0.05, 0) is 57.9 Å². The van der Waals surface area contributed by atoms with Crippen LogP contribution in [0.4, 0.5) is 0 Å². The van der Waals surface area contributed by atoms with Crippen LogP contribution in [-0.2, 0) is 4.74 Å². The number of aromatic nitrogens is 3. The van der Waals surface area contributed by atoms with Crippen molar-refractivity contribution in [2.75, 3.05) is 0 Å². The molecule has 1 amide bonds. The SMILES string of the molecule is Cc1nc(C(=O)NC2C[C@@H](C)O[C@@H](C)C2)nn1-c1ccc(Cl)cc1. The number of amides is 1. The van der Waals surface area contributed by atoms with Gasteiger partial charge in [0.15, 0.2) is 0 Å². The molecular weight excluding hydrogens is 328 g/mol. The fourth-order valence-electron chi connectivity index (χ4n) is 3.09. The summed E-state index contributed by atoms with van der Waals surface area (Å²) < 4.78 is 7.34. The molecular formula is C17H21ClN4O2. The summed E-state index contributed by atoms with van der Waals surface area (Å²) in [6.45, 7) is 5.86. The van der Waals surface area contributed by atoms with Crippen LogP contribution < -0.4 is 5.32 Å². The van der Waals surface area contributed by atoms with E-state index < -0.39 is 0 Å². The van der Waals surface area contributed by atoms with Crippen molar-refractivity contribution < 1.29 is 9.53 Å². The van der Waals surface area contributed by atoms with Gasteiger partial charge in [0.2, 0.25) is 5.82 Å². The molecule has 1 N–H and O–H groups in total. The first kappa shape index (κ1) is 16.9. The maximum atomic E-state index is 12.5. The van der Waals surface area contributed by atoms with Crippen molar-refractivity contribution >= 4 is 17.5 Å². The Labute approximate surface area is 146 Å². The van der Waals surface area contributed by atoms with Crippen molar-refractivity contribution in [1.82, 2.24) is 20.1 Å². The first-order valence-corrected chi connectivity index (χ1v) is 8.46. The largest absolute Gasteiger partial charge is 0.375 e. The molecule has 24 heavy (non-hydrogen) atoms. The summed E-state index contributed by atoms with van der Waals surface area (Å²) in [5.74, 6) is 0.572. The summed E-state index contributed by atoms with van der Waals surface area (Å²) >= 11 is 5.91. The molecule has 1 aromatic heterocycles. The van der Waals surface area contributed by atoms with Crippen LogP contribution >= 0.6 is 11.6 Å². The van der Waals surface area contributed by atoms with E-state index in [1.54, 1.807) is 16.8 Å². The van der Waals surface area contributed by atoms with Crippen LogP contribution in [0.2, 0.25) is 5.02 Å². The van der Waals surface area contributed by atoms with E-state index in [2.05, 4.69) is 15.4 Å². The van der Waals surface area contributed by atoms with Gasteiger partial charge in [0.1, 0.15) is 5.82 Å². The minimum Gasteiger partial charge on any atom is -0.375 e. The predicted octanol–water partition coefficient (Wildman–Crippen LogP) is 2.91. The van der Waals surface area contributed by atoms with E-state index in [1.165, 1.54) is 0 Å². The second kappa shape index (κ2) is 6.91. The molecule has 0 spiro atoms. The van der Waals surface area contributed by atoms with Crippen LogP contribution in [0.25, 0.3) is 5.69 Å². The number of ether oxygens (including phenoxy) is 1. The van der Waals surface area contributed by atoms with Gasteiger partial charge in [0.05, 0.1) is 17.9 Å². The van der Waals surface area contributed by atoms with Crippen LogP contribution in [0.15, 0.2) is 24.3 Å². The van der Waals surface area contributed by atoms with Gasteiger partial charge in [-0.15, -0.1) is 5.10 Å². The molecule has 1 aromatic carbocycles. The van der Waals surface area contributed by atoms with E-state index in [0.717, 1.165) is 18.5 Å². The maximum Gasteiger partial charge on any atom is 0.291 e. The Hall–Kier alpha value is -1.92. The number of carbonyl (C=O) groups is 1. The Morgan fingerprint density at radius 1 is 1.25 bits per heavy atom. The lowest BCUT2D eigenvalue weighted by Crippen LogP contribution is -2.44. The van der Waals surface area contributed by atoms with E-state index in [1.807, 2.05) is 32.9 Å². The highest BCUT2D eigenvalue weighted by Gasteiger charge is 2.27. The molecule has 2 heterocycles. The van der Waals surface area contributed by atoms with Gasteiger partial charge in [-0.25, -0.2) is 9.67 Å². The van der Waals surface area contributed by atoms with Crippen molar-refractivity contribution in [3.63, 3.8) is 0 Å². The lowest BCUT2D eigenvalue weighted by Gasteiger charge is -2.32. The highest BCUT2D eigenvalue weighted by molar-refractivity contribution is 6.30. The van der Waals surface area contributed by atoms with Gasteiger partial charge < -0.3 is 10.1 Å². The third-order valence-corrected chi connectivity index (χ3v) is 4.33. The Balaban J connectivity index is 1.74. The van der Waals surface area contributed by atoms with E-state index >= 15 is 0 Å². The topological polar surface area (TPSA) is 69.0 Å². The van der Waals surface area contributed by atoms with E-state index in [9.17, 15) is 4.79 Å². The summed E-state index contributed by atoms with van der Waals surface area (Å²) in [5, 5.41) is 8.00. The summed E-state index contributed by atoms with van der Waals surface area (Å²) in [6, 6.07) is 7.32. The standard InChI is InChI=1S/C17H21ClN4O2/c1-10-8-14(9-11(2)24-10)20-17(23)16-19-12(3)22(21-16)15-6-4-13(18)5-7-15/h4-7,10-11,14H,8-9H2,1-3H3,(H,20,23)/t10-,11+,14?. The zero-order valence-corrected chi connectivity index (χ0v) is 14.7. The van der Waals surface area contributed by atoms with Crippen LogP contribution in [0, 0.1) is 6.92 Å². The molecule has 0 saturated carbocycles. The van der Waals surface area contributed by atoms with Crippen molar-refractivity contribution in [2.24, 2.45) is 0 Å². The van der Waals surface area contributed by atoms with Crippen LogP contribution in [-0.4, -0.2) is 38.9 Å². The number of hydrogen-bond acceptors (Lipinski definition) is 4. The lowest BCUT2D eigenvalue weighted by molar-refractivity contribution is -0.0408.